The van der Waals surface area contributed by atoms with Crippen molar-refractivity contribution in [2.45, 2.75) is 0 Å². The molecule has 0 atom stereocenters. The average molecular weight is 624 g/mol. The first kappa shape index (κ1) is 27.5. The Kier molecular flexibility index (Phi) is 6.18. The third-order valence-electron chi connectivity index (χ3n) is 9.85. The van der Waals surface area contributed by atoms with E-state index in [2.05, 4.69) is 161 Å². The van der Waals surface area contributed by atoms with Crippen molar-refractivity contribution in [1.82, 2.24) is 14.4 Å². The Morgan fingerprint density at radius 2 is 1.08 bits per heavy atom. The third-order valence-corrected chi connectivity index (χ3v) is 9.85. The van der Waals surface area contributed by atoms with Crippen LogP contribution in [0.5, 0.6) is 0 Å². The van der Waals surface area contributed by atoms with Crippen LogP contribution in [0.1, 0.15) is 0 Å². The molecular weight excluding hydrogens is 595 g/mol. The van der Waals surface area contributed by atoms with Crippen molar-refractivity contribution in [1.29, 1.82) is 0 Å². The fourth-order valence-electron chi connectivity index (χ4n) is 7.63. The number of fused-ring (bicyclic) bond motifs is 8. The molecule has 0 amide bonds. The van der Waals surface area contributed by atoms with Crippen LogP contribution in [0.25, 0.3) is 93.6 Å². The summed E-state index contributed by atoms with van der Waals surface area (Å²) in [4.78, 5) is 9.95. The van der Waals surface area contributed by atoms with Crippen molar-refractivity contribution in [3.05, 3.63) is 176 Å². The predicted molar refractivity (Wildman–Crippen MR) is 205 cm³/mol. The molecule has 7 aromatic carbocycles. The van der Waals surface area contributed by atoms with Gasteiger partial charge in [0.25, 0.3) is 0 Å². The quantitative estimate of drug-likeness (QED) is 0.183. The summed E-state index contributed by atoms with van der Waals surface area (Å²) >= 11 is 0. The first-order valence-corrected chi connectivity index (χ1v) is 16.7. The molecule has 0 aliphatic carbocycles. The SMILES string of the molecule is c1ccc(-c2nc(-c3ccc4ccccc4c3-c3cccc(-c4ccc5c6ccccc6c6ccccc6c5c4)c3)n3ccccc23)nc1. The van der Waals surface area contributed by atoms with Crippen LogP contribution in [0.2, 0.25) is 0 Å². The molecule has 3 heteroatoms. The number of pyridine rings is 2. The molecule has 0 bridgehead atoms. The maximum atomic E-state index is 5.29. The highest BCUT2D eigenvalue weighted by Crippen LogP contribution is 2.42. The highest BCUT2D eigenvalue weighted by molar-refractivity contribution is 6.25. The molecule has 0 aliphatic rings. The van der Waals surface area contributed by atoms with Crippen molar-refractivity contribution in [2.24, 2.45) is 0 Å². The van der Waals surface area contributed by atoms with Gasteiger partial charge in [-0.1, -0.05) is 121 Å². The van der Waals surface area contributed by atoms with Crippen LogP contribution in [0.4, 0.5) is 0 Å². The van der Waals surface area contributed by atoms with Gasteiger partial charge in [-0.3, -0.25) is 9.38 Å². The third kappa shape index (κ3) is 4.37. The Labute approximate surface area is 283 Å². The molecule has 3 aromatic heterocycles. The second-order valence-electron chi connectivity index (χ2n) is 12.6. The number of aromatic nitrogens is 3. The second kappa shape index (κ2) is 11.0. The summed E-state index contributed by atoms with van der Waals surface area (Å²) in [7, 11) is 0. The molecule has 0 N–H and O–H groups in total. The van der Waals surface area contributed by atoms with Crippen LogP contribution in [0.15, 0.2) is 176 Å². The predicted octanol–water partition coefficient (Wildman–Crippen LogP) is 12.0. The minimum atomic E-state index is 0.860. The summed E-state index contributed by atoms with van der Waals surface area (Å²) in [6.45, 7) is 0. The first-order valence-electron chi connectivity index (χ1n) is 16.7. The Hall–Kier alpha value is -6.58. The maximum Gasteiger partial charge on any atom is 0.145 e. The Balaban J connectivity index is 1.20. The highest BCUT2D eigenvalue weighted by Gasteiger charge is 2.20. The van der Waals surface area contributed by atoms with E-state index in [-0.39, 0.29) is 0 Å². The number of hydrogen-bond donors (Lipinski definition) is 0. The van der Waals surface area contributed by atoms with Crippen LogP contribution < -0.4 is 0 Å². The molecular formula is C46H29N3. The molecule has 0 fully saturated rings. The molecule has 49 heavy (non-hydrogen) atoms. The summed E-state index contributed by atoms with van der Waals surface area (Å²) in [5, 5.41) is 10.1. The van der Waals surface area contributed by atoms with Crippen LogP contribution in [-0.2, 0) is 0 Å². The van der Waals surface area contributed by atoms with Crippen molar-refractivity contribution in [2.75, 3.05) is 0 Å². The van der Waals surface area contributed by atoms with Crippen molar-refractivity contribution in [3.63, 3.8) is 0 Å². The molecule has 0 saturated carbocycles. The van der Waals surface area contributed by atoms with E-state index in [4.69, 9.17) is 4.98 Å². The molecule has 0 saturated heterocycles. The molecule has 0 radical (unpaired) electrons. The second-order valence-corrected chi connectivity index (χ2v) is 12.6. The molecule has 0 aliphatic heterocycles. The topological polar surface area (TPSA) is 30.2 Å². The van der Waals surface area contributed by atoms with E-state index in [1.807, 2.05) is 24.4 Å². The van der Waals surface area contributed by atoms with E-state index < -0.39 is 0 Å². The number of rotatable bonds is 4. The Morgan fingerprint density at radius 1 is 0.429 bits per heavy atom. The molecule has 228 valence electrons. The monoisotopic (exact) mass is 623 g/mol. The lowest BCUT2D eigenvalue weighted by molar-refractivity contribution is 1.16. The molecule has 10 rings (SSSR count). The van der Waals surface area contributed by atoms with Gasteiger partial charge < -0.3 is 0 Å². The van der Waals surface area contributed by atoms with Gasteiger partial charge in [0.05, 0.1) is 11.2 Å². The van der Waals surface area contributed by atoms with E-state index in [1.54, 1.807) is 0 Å². The number of nitrogens with zero attached hydrogens (tertiary/aromatic N) is 3. The normalized spacial score (nSPS) is 11.7. The van der Waals surface area contributed by atoms with Crippen LogP contribution in [-0.4, -0.2) is 14.4 Å². The lowest BCUT2D eigenvalue weighted by Gasteiger charge is -2.15. The largest absolute Gasteiger partial charge is 0.299 e. The minimum absolute atomic E-state index is 0.860. The average Bonchev–Trinajstić information content (AvgIpc) is 3.57. The van der Waals surface area contributed by atoms with Crippen molar-refractivity contribution < 1.29 is 0 Å². The van der Waals surface area contributed by atoms with Gasteiger partial charge in [-0.15, -0.1) is 0 Å². The zero-order chi connectivity index (χ0) is 32.3. The van der Waals surface area contributed by atoms with Crippen LogP contribution in [0, 0.1) is 0 Å². The molecule has 0 unspecified atom stereocenters. The summed E-state index contributed by atoms with van der Waals surface area (Å²) < 4.78 is 2.19. The summed E-state index contributed by atoms with van der Waals surface area (Å²) in [5.41, 5.74) is 8.53. The molecule has 0 spiro atoms. The van der Waals surface area contributed by atoms with Gasteiger partial charge in [-0.05, 0) is 102 Å². The molecule has 3 heterocycles. The van der Waals surface area contributed by atoms with Crippen LogP contribution >= 0.6 is 0 Å². The molecule has 3 nitrogen and oxygen atoms in total. The van der Waals surface area contributed by atoms with Crippen molar-refractivity contribution in [3.8, 4) is 45.0 Å². The Bertz CT molecular complexity index is 2850. The van der Waals surface area contributed by atoms with Gasteiger partial charge >= 0.3 is 0 Å². The van der Waals surface area contributed by atoms with E-state index in [1.165, 1.54) is 59.8 Å². The van der Waals surface area contributed by atoms with Gasteiger partial charge in [0, 0.05) is 23.5 Å². The Morgan fingerprint density at radius 3 is 1.86 bits per heavy atom. The first-order chi connectivity index (χ1) is 24.3. The summed E-state index contributed by atoms with van der Waals surface area (Å²) in [5.74, 6) is 0.895. The fraction of sp³-hybridized carbons (Fsp3) is 0. The highest BCUT2D eigenvalue weighted by atomic mass is 15.0. The lowest BCUT2D eigenvalue weighted by Crippen LogP contribution is -1.94. The van der Waals surface area contributed by atoms with Crippen LogP contribution in [0.3, 0.4) is 0 Å². The van der Waals surface area contributed by atoms with Gasteiger partial charge in [0.1, 0.15) is 11.5 Å². The van der Waals surface area contributed by atoms with Gasteiger partial charge in [0.15, 0.2) is 0 Å². The van der Waals surface area contributed by atoms with E-state index in [9.17, 15) is 0 Å². The smallest absolute Gasteiger partial charge is 0.145 e. The van der Waals surface area contributed by atoms with E-state index in [0.29, 0.717) is 0 Å². The zero-order valence-corrected chi connectivity index (χ0v) is 26.6. The standard InChI is InChI=1S/C46H29N3/c1-2-15-34-30(12-1)22-25-40(46-48-45(42-20-7-9-26-47-42)43-21-8-10-27-49(43)46)44(34)33-14-11-13-31(28-33)32-23-24-39-37-18-4-3-16-35(37)36-17-5-6-19-38(36)41(39)29-32/h1-29H. The van der Waals surface area contributed by atoms with Gasteiger partial charge in [0.2, 0.25) is 0 Å². The van der Waals surface area contributed by atoms with Gasteiger partial charge in [-0.2, -0.15) is 0 Å². The minimum Gasteiger partial charge on any atom is -0.299 e. The van der Waals surface area contributed by atoms with E-state index >= 15 is 0 Å². The van der Waals surface area contributed by atoms with E-state index in [0.717, 1.165) is 33.9 Å². The lowest BCUT2D eigenvalue weighted by atomic mass is 9.89. The molecule has 10 aromatic rings. The van der Waals surface area contributed by atoms with Crippen molar-refractivity contribution >= 4 is 48.6 Å². The van der Waals surface area contributed by atoms with Gasteiger partial charge in [-0.25, -0.2) is 4.98 Å². The maximum absolute atomic E-state index is 5.29. The zero-order valence-electron chi connectivity index (χ0n) is 26.6. The fourth-order valence-corrected chi connectivity index (χ4v) is 7.63. The number of benzene rings is 7. The number of imidazole rings is 1. The summed E-state index contributed by atoms with van der Waals surface area (Å²) in [6.07, 6.45) is 3.93. The number of hydrogen-bond acceptors (Lipinski definition) is 2. The summed E-state index contributed by atoms with van der Waals surface area (Å²) in [6, 6.07) is 58.7.